The van der Waals surface area contributed by atoms with E-state index in [-0.39, 0.29) is 24.1 Å². The molecule has 13 heteroatoms. The summed E-state index contributed by atoms with van der Waals surface area (Å²) in [6, 6.07) is 6.70. The number of nitrogens with zero attached hydrogens (tertiary/aromatic N) is 5. The van der Waals surface area contributed by atoms with Crippen LogP contribution in [0.1, 0.15) is 13.8 Å². The minimum Gasteiger partial charge on any atom is -0.355 e. The number of anilines is 3. The monoisotopic (exact) mass is 463 g/mol. The number of aromatic nitrogens is 5. The molecule has 11 nitrogen and oxygen atoms in total. The number of hydrogen-bond donors (Lipinski definition) is 4. The van der Waals surface area contributed by atoms with Crippen LogP contribution in [-0.2, 0) is 9.59 Å². The standard InChI is InChI=1S/C18H22ClN9O2S/c1-3-20-15-24-16(21-4-2)28-17(25-15)26-27-18(28)31-10-14(30)22-9-13(29)23-12-7-5-11(19)6-8-12/h5-8H,3-4,9-10H2,1-2H3,(H,22,30)(H,23,29)(H2,20,21,24,25,26). The van der Waals surface area contributed by atoms with E-state index in [2.05, 4.69) is 41.4 Å². The molecule has 3 aromatic rings. The topological polar surface area (TPSA) is 138 Å². The molecule has 0 fully saturated rings. The van der Waals surface area contributed by atoms with E-state index in [4.69, 9.17) is 11.6 Å². The highest BCUT2D eigenvalue weighted by Gasteiger charge is 2.16. The second kappa shape index (κ2) is 10.8. The maximum absolute atomic E-state index is 12.2. The fourth-order valence-electron chi connectivity index (χ4n) is 2.50. The molecule has 1 aromatic carbocycles. The minimum absolute atomic E-state index is 0.0511. The van der Waals surface area contributed by atoms with Gasteiger partial charge in [-0.1, -0.05) is 23.4 Å². The van der Waals surface area contributed by atoms with E-state index in [0.717, 1.165) is 0 Å². The summed E-state index contributed by atoms with van der Waals surface area (Å²) >= 11 is 6.99. The summed E-state index contributed by atoms with van der Waals surface area (Å²) in [5.74, 6) is 0.732. The zero-order valence-electron chi connectivity index (χ0n) is 17.0. The Morgan fingerprint density at radius 1 is 1.03 bits per heavy atom. The average Bonchev–Trinajstić information content (AvgIpc) is 3.16. The third-order valence-corrected chi connectivity index (χ3v) is 5.00. The van der Waals surface area contributed by atoms with Crippen LogP contribution >= 0.6 is 23.4 Å². The number of amides is 2. The van der Waals surface area contributed by atoms with Crippen molar-refractivity contribution in [3.63, 3.8) is 0 Å². The second-order valence-electron chi connectivity index (χ2n) is 6.17. The van der Waals surface area contributed by atoms with Gasteiger partial charge in [-0.3, -0.25) is 9.59 Å². The van der Waals surface area contributed by atoms with Gasteiger partial charge in [-0.2, -0.15) is 9.97 Å². The molecular formula is C18H22ClN9O2S. The van der Waals surface area contributed by atoms with Gasteiger partial charge in [-0.05, 0) is 38.1 Å². The summed E-state index contributed by atoms with van der Waals surface area (Å²) in [5, 5.41) is 20.7. The molecule has 0 aliphatic carbocycles. The molecule has 0 radical (unpaired) electrons. The summed E-state index contributed by atoms with van der Waals surface area (Å²) in [5.41, 5.74) is 0.598. The summed E-state index contributed by atoms with van der Waals surface area (Å²) < 4.78 is 1.65. The third-order valence-electron chi connectivity index (χ3n) is 3.82. The van der Waals surface area contributed by atoms with Crippen molar-refractivity contribution in [3.05, 3.63) is 29.3 Å². The van der Waals surface area contributed by atoms with E-state index in [1.807, 2.05) is 13.8 Å². The smallest absolute Gasteiger partial charge is 0.261 e. The van der Waals surface area contributed by atoms with Crippen LogP contribution in [0.15, 0.2) is 29.4 Å². The van der Waals surface area contributed by atoms with Crippen molar-refractivity contribution in [2.75, 3.05) is 41.3 Å². The number of hydrogen-bond acceptors (Lipinski definition) is 9. The predicted molar refractivity (Wildman–Crippen MR) is 121 cm³/mol. The molecule has 2 heterocycles. The second-order valence-corrected chi connectivity index (χ2v) is 7.55. The third kappa shape index (κ3) is 6.18. The van der Waals surface area contributed by atoms with Crippen LogP contribution in [0.3, 0.4) is 0 Å². The van der Waals surface area contributed by atoms with Gasteiger partial charge in [0.1, 0.15) is 0 Å². The SMILES string of the molecule is CCNc1nc(NCC)n2c(SCC(=O)NCC(=O)Nc3ccc(Cl)cc3)nnc2n1. The Morgan fingerprint density at radius 3 is 2.48 bits per heavy atom. The quantitative estimate of drug-likeness (QED) is 0.332. The number of fused-ring (bicyclic) bond motifs is 1. The number of nitrogens with one attached hydrogen (secondary N) is 4. The zero-order valence-corrected chi connectivity index (χ0v) is 18.5. The zero-order chi connectivity index (χ0) is 22.2. The van der Waals surface area contributed by atoms with Crippen LogP contribution in [0.25, 0.3) is 5.78 Å². The number of rotatable bonds is 10. The lowest BCUT2D eigenvalue weighted by atomic mass is 10.3. The lowest BCUT2D eigenvalue weighted by molar-refractivity contribution is -0.122. The van der Waals surface area contributed by atoms with E-state index >= 15 is 0 Å². The number of thioether (sulfide) groups is 1. The van der Waals surface area contributed by atoms with Crippen LogP contribution in [0, 0.1) is 0 Å². The van der Waals surface area contributed by atoms with Crippen LogP contribution in [-0.4, -0.2) is 61.8 Å². The minimum atomic E-state index is -0.340. The van der Waals surface area contributed by atoms with E-state index in [1.54, 1.807) is 28.7 Å². The molecule has 0 saturated carbocycles. The summed E-state index contributed by atoms with van der Waals surface area (Å²) in [7, 11) is 0. The van der Waals surface area contributed by atoms with Crippen LogP contribution in [0.2, 0.25) is 5.02 Å². The van der Waals surface area contributed by atoms with E-state index in [0.29, 0.717) is 46.6 Å². The van der Waals surface area contributed by atoms with Crippen LogP contribution in [0.5, 0.6) is 0 Å². The molecule has 31 heavy (non-hydrogen) atoms. The fourth-order valence-corrected chi connectivity index (χ4v) is 3.38. The molecule has 164 valence electrons. The average molecular weight is 464 g/mol. The van der Waals surface area contributed by atoms with Crippen LogP contribution in [0.4, 0.5) is 17.6 Å². The molecule has 4 N–H and O–H groups in total. The van der Waals surface area contributed by atoms with Crippen molar-refractivity contribution in [2.45, 2.75) is 19.0 Å². The van der Waals surface area contributed by atoms with E-state index in [9.17, 15) is 9.59 Å². The largest absolute Gasteiger partial charge is 0.355 e. The van der Waals surface area contributed by atoms with Gasteiger partial charge in [0.2, 0.25) is 23.7 Å². The Hall–Kier alpha value is -3.12. The highest BCUT2D eigenvalue weighted by Crippen LogP contribution is 2.20. The summed E-state index contributed by atoms with van der Waals surface area (Å²) in [6.45, 7) is 5.05. The first-order valence-electron chi connectivity index (χ1n) is 9.56. The van der Waals surface area contributed by atoms with Crippen molar-refractivity contribution in [3.8, 4) is 0 Å². The van der Waals surface area contributed by atoms with Gasteiger partial charge in [0.25, 0.3) is 5.78 Å². The molecule has 2 aromatic heterocycles. The lowest BCUT2D eigenvalue weighted by Crippen LogP contribution is -2.33. The van der Waals surface area contributed by atoms with Gasteiger partial charge in [-0.15, -0.1) is 10.2 Å². The highest BCUT2D eigenvalue weighted by molar-refractivity contribution is 7.99. The predicted octanol–water partition coefficient (Wildman–Crippen LogP) is 1.88. The lowest BCUT2D eigenvalue weighted by Gasteiger charge is -2.09. The Bertz CT molecular complexity index is 1060. The maximum Gasteiger partial charge on any atom is 0.261 e. The van der Waals surface area contributed by atoms with Gasteiger partial charge in [0.15, 0.2) is 5.16 Å². The molecule has 0 aliphatic rings. The molecule has 0 atom stereocenters. The Labute approximate surface area is 187 Å². The van der Waals surface area contributed by atoms with Gasteiger partial charge in [0, 0.05) is 23.8 Å². The number of benzene rings is 1. The van der Waals surface area contributed by atoms with Gasteiger partial charge in [-0.25, -0.2) is 4.40 Å². The number of carbonyl (C=O) groups excluding carboxylic acids is 2. The van der Waals surface area contributed by atoms with E-state index < -0.39 is 0 Å². The molecule has 2 amide bonds. The molecule has 0 bridgehead atoms. The summed E-state index contributed by atoms with van der Waals surface area (Å²) in [6.07, 6.45) is 0. The van der Waals surface area contributed by atoms with Crippen LogP contribution < -0.4 is 21.3 Å². The number of carbonyl (C=O) groups is 2. The first-order valence-corrected chi connectivity index (χ1v) is 10.9. The molecule has 0 aliphatic heterocycles. The summed E-state index contributed by atoms with van der Waals surface area (Å²) in [4.78, 5) is 32.9. The highest BCUT2D eigenvalue weighted by atomic mass is 35.5. The van der Waals surface area contributed by atoms with Crippen molar-refractivity contribution >= 4 is 58.5 Å². The van der Waals surface area contributed by atoms with Crippen molar-refractivity contribution in [2.24, 2.45) is 0 Å². The maximum atomic E-state index is 12.2. The fraction of sp³-hybridized carbons (Fsp3) is 0.333. The molecular weight excluding hydrogens is 442 g/mol. The normalized spacial score (nSPS) is 10.7. The van der Waals surface area contributed by atoms with Crippen molar-refractivity contribution < 1.29 is 9.59 Å². The Balaban J connectivity index is 1.57. The Morgan fingerprint density at radius 2 is 1.77 bits per heavy atom. The van der Waals surface area contributed by atoms with Crippen molar-refractivity contribution in [1.29, 1.82) is 0 Å². The number of halogens is 1. The first-order chi connectivity index (χ1) is 15.0. The van der Waals surface area contributed by atoms with Gasteiger partial charge in [0.05, 0.1) is 12.3 Å². The van der Waals surface area contributed by atoms with Crippen molar-refractivity contribution in [1.82, 2.24) is 29.9 Å². The van der Waals surface area contributed by atoms with E-state index in [1.165, 1.54) is 11.8 Å². The van der Waals surface area contributed by atoms with Gasteiger partial charge >= 0.3 is 0 Å². The molecule has 0 unspecified atom stereocenters. The van der Waals surface area contributed by atoms with Gasteiger partial charge < -0.3 is 21.3 Å². The Kier molecular flexibility index (Phi) is 7.84. The molecule has 0 spiro atoms. The molecule has 0 saturated heterocycles. The molecule has 3 rings (SSSR count). The first kappa shape index (κ1) is 22.6.